The van der Waals surface area contributed by atoms with Gasteiger partial charge in [0.05, 0.1) is 34.5 Å². The Morgan fingerprint density at radius 1 is 0.531 bits per heavy atom. The zero-order valence-corrected chi connectivity index (χ0v) is 17.2. The first kappa shape index (κ1) is 19.2. The predicted molar refractivity (Wildman–Crippen MR) is 127 cm³/mol. The molecule has 0 aliphatic carbocycles. The van der Waals surface area contributed by atoms with Gasteiger partial charge in [0, 0.05) is 10.9 Å². The Kier molecular flexibility index (Phi) is 4.92. The van der Waals surface area contributed by atoms with Gasteiger partial charge in [-0.05, 0) is 64.7 Å². The van der Waals surface area contributed by atoms with Crippen LogP contribution in [-0.4, -0.2) is 4.98 Å². The summed E-state index contributed by atoms with van der Waals surface area (Å²) in [5, 5.41) is 19.5. The van der Waals surface area contributed by atoms with Crippen LogP contribution in [0.5, 0.6) is 0 Å². The molecule has 0 unspecified atom stereocenters. The number of hydrogen-bond acceptors (Lipinski definition) is 3. The van der Waals surface area contributed by atoms with Gasteiger partial charge in [-0.1, -0.05) is 60.7 Å². The van der Waals surface area contributed by atoms with E-state index < -0.39 is 0 Å². The highest BCUT2D eigenvalue weighted by atomic mass is 14.7. The van der Waals surface area contributed by atoms with Gasteiger partial charge in [-0.25, -0.2) is 4.98 Å². The van der Waals surface area contributed by atoms with Gasteiger partial charge in [0.15, 0.2) is 0 Å². The van der Waals surface area contributed by atoms with Gasteiger partial charge in [0.1, 0.15) is 0 Å². The molecule has 0 aliphatic rings. The zero-order valence-electron chi connectivity index (χ0n) is 17.2. The summed E-state index contributed by atoms with van der Waals surface area (Å²) in [6, 6.07) is 38.1. The van der Waals surface area contributed by atoms with Crippen molar-refractivity contribution < 1.29 is 0 Å². The summed E-state index contributed by atoms with van der Waals surface area (Å²) in [4.78, 5) is 4.92. The molecule has 0 N–H and O–H groups in total. The average Bonchev–Trinajstić information content (AvgIpc) is 2.88. The van der Waals surface area contributed by atoms with Gasteiger partial charge in [0.2, 0.25) is 0 Å². The van der Waals surface area contributed by atoms with Gasteiger partial charge < -0.3 is 0 Å². The van der Waals surface area contributed by atoms with Gasteiger partial charge in [-0.2, -0.15) is 10.5 Å². The molecule has 0 bridgehead atoms. The van der Waals surface area contributed by atoms with Gasteiger partial charge in [-0.3, -0.25) is 0 Å². The fourth-order valence-electron chi connectivity index (χ4n) is 3.89. The van der Waals surface area contributed by atoms with E-state index in [1.54, 1.807) is 0 Å². The Morgan fingerprint density at radius 3 is 2.00 bits per heavy atom. The molecule has 0 amide bonds. The minimum atomic E-state index is 0.609. The molecule has 3 heteroatoms. The summed E-state index contributed by atoms with van der Waals surface area (Å²) in [6.07, 6.45) is 0. The van der Waals surface area contributed by atoms with Crippen LogP contribution in [0.25, 0.3) is 44.4 Å². The molecular weight excluding hydrogens is 390 g/mol. The number of rotatable bonds is 3. The number of pyridine rings is 1. The molecule has 5 aromatic rings. The highest BCUT2D eigenvalue weighted by Gasteiger charge is 2.11. The van der Waals surface area contributed by atoms with Crippen molar-refractivity contribution in [2.45, 2.75) is 0 Å². The normalized spacial score (nSPS) is 10.4. The first-order chi connectivity index (χ1) is 15.7. The lowest BCUT2D eigenvalue weighted by Gasteiger charge is -2.11. The van der Waals surface area contributed by atoms with Crippen molar-refractivity contribution in [2.75, 3.05) is 0 Å². The van der Waals surface area contributed by atoms with Crippen molar-refractivity contribution in [2.24, 2.45) is 0 Å². The lowest BCUT2D eigenvalue weighted by Crippen LogP contribution is -1.91. The molecule has 0 atom stereocenters. The topological polar surface area (TPSA) is 60.5 Å². The number of aromatic nitrogens is 1. The fourth-order valence-corrected chi connectivity index (χ4v) is 3.89. The SMILES string of the molecule is N#Cc1ccc(-c2ccc3nc(-c4cc(C#N)ccc4-c4ccccc4)ccc3c2)cc1. The molecular formula is C29H17N3. The van der Waals surface area contributed by atoms with E-state index >= 15 is 0 Å². The van der Waals surface area contributed by atoms with Crippen molar-refractivity contribution in [1.82, 2.24) is 4.98 Å². The molecule has 5 rings (SSSR count). The molecule has 0 fully saturated rings. The fraction of sp³-hybridized carbons (Fsp3) is 0. The Labute approximate surface area is 186 Å². The van der Waals surface area contributed by atoms with E-state index in [4.69, 9.17) is 10.2 Å². The maximum atomic E-state index is 9.43. The van der Waals surface area contributed by atoms with Crippen LogP contribution in [0.3, 0.4) is 0 Å². The van der Waals surface area contributed by atoms with Crippen molar-refractivity contribution in [3.8, 4) is 45.6 Å². The lowest BCUT2D eigenvalue weighted by atomic mass is 9.95. The summed E-state index contributed by atoms with van der Waals surface area (Å²) in [6.45, 7) is 0. The smallest absolute Gasteiger partial charge is 0.0991 e. The highest BCUT2D eigenvalue weighted by Crippen LogP contribution is 2.33. The second kappa shape index (κ2) is 8.19. The summed E-state index contributed by atoms with van der Waals surface area (Å²) < 4.78 is 0. The minimum absolute atomic E-state index is 0.609. The van der Waals surface area contributed by atoms with Crippen molar-refractivity contribution in [3.63, 3.8) is 0 Å². The molecule has 0 aliphatic heterocycles. The van der Waals surface area contributed by atoms with Crippen LogP contribution >= 0.6 is 0 Å². The van der Waals surface area contributed by atoms with Crippen LogP contribution < -0.4 is 0 Å². The van der Waals surface area contributed by atoms with Crippen molar-refractivity contribution in [3.05, 3.63) is 114 Å². The van der Waals surface area contributed by atoms with E-state index in [0.717, 1.165) is 44.4 Å². The Balaban J connectivity index is 1.60. The Bertz CT molecular complexity index is 1520. The summed E-state index contributed by atoms with van der Waals surface area (Å²) in [5.41, 5.74) is 8.19. The molecule has 1 heterocycles. The van der Waals surface area contributed by atoms with E-state index in [0.29, 0.717) is 11.1 Å². The maximum absolute atomic E-state index is 9.43. The van der Waals surface area contributed by atoms with E-state index in [1.165, 1.54) is 0 Å². The quantitative estimate of drug-likeness (QED) is 0.324. The summed E-state index contributed by atoms with van der Waals surface area (Å²) in [5.74, 6) is 0. The first-order valence-electron chi connectivity index (χ1n) is 10.3. The van der Waals surface area contributed by atoms with Gasteiger partial charge in [-0.15, -0.1) is 0 Å². The molecule has 3 nitrogen and oxygen atoms in total. The maximum Gasteiger partial charge on any atom is 0.0991 e. The number of fused-ring (bicyclic) bond motifs is 1. The molecule has 32 heavy (non-hydrogen) atoms. The summed E-state index contributed by atoms with van der Waals surface area (Å²) in [7, 11) is 0. The molecule has 0 radical (unpaired) electrons. The van der Waals surface area contributed by atoms with Gasteiger partial charge in [0.25, 0.3) is 0 Å². The van der Waals surface area contributed by atoms with Crippen LogP contribution in [0, 0.1) is 22.7 Å². The Hall–Kier alpha value is -4.73. The molecule has 148 valence electrons. The molecule has 4 aromatic carbocycles. The third kappa shape index (κ3) is 3.60. The average molecular weight is 407 g/mol. The Morgan fingerprint density at radius 2 is 1.25 bits per heavy atom. The van der Waals surface area contributed by atoms with Crippen molar-refractivity contribution >= 4 is 10.9 Å². The highest BCUT2D eigenvalue weighted by molar-refractivity contribution is 5.89. The lowest BCUT2D eigenvalue weighted by molar-refractivity contribution is 1.39. The van der Waals surface area contributed by atoms with Crippen LogP contribution in [0.4, 0.5) is 0 Å². The van der Waals surface area contributed by atoms with Gasteiger partial charge >= 0.3 is 0 Å². The monoisotopic (exact) mass is 407 g/mol. The largest absolute Gasteiger partial charge is 0.248 e. The van der Waals surface area contributed by atoms with Crippen LogP contribution in [0.15, 0.2) is 103 Å². The second-order valence-corrected chi connectivity index (χ2v) is 7.53. The molecule has 0 saturated heterocycles. The van der Waals surface area contributed by atoms with E-state index in [1.807, 2.05) is 78.9 Å². The van der Waals surface area contributed by atoms with E-state index in [2.05, 4.69) is 36.4 Å². The number of hydrogen-bond donors (Lipinski definition) is 0. The third-order valence-corrected chi connectivity index (χ3v) is 5.55. The number of benzene rings is 4. The van der Waals surface area contributed by atoms with Crippen LogP contribution in [0.2, 0.25) is 0 Å². The van der Waals surface area contributed by atoms with Crippen LogP contribution in [-0.2, 0) is 0 Å². The number of nitrogens with zero attached hydrogens (tertiary/aromatic N) is 3. The van der Waals surface area contributed by atoms with Crippen LogP contribution in [0.1, 0.15) is 11.1 Å². The van der Waals surface area contributed by atoms with E-state index in [-0.39, 0.29) is 0 Å². The minimum Gasteiger partial charge on any atom is -0.248 e. The number of nitriles is 2. The summed E-state index contributed by atoms with van der Waals surface area (Å²) >= 11 is 0. The predicted octanol–water partition coefficient (Wildman–Crippen LogP) is 6.98. The van der Waals surface area contributed by atoms with E-state index in [9.17, 15) is 5.26 Å². The molecule has 0 saturated carbocycles. The third-order valence-electron chi connectivity index (χ3n) is 5.55. The molecule has 1 aromatic heterocycles. The zero-order chi connectivity index (χ0) is 21.9. The molecule has 0 spiro atoms. The van der Waals surface area contributed by atoms with Crippen molar-refractivity contribution in [1.29, 1.82) is 10.5 Å². The second-order valence-electron chi connectivity index (χ2n) is 7.53. The first-order valence-corrected chi connectivity index (χ1v) is 10.3. The standard InChI is InChI=1S/C29H17N3/c30-18-20-6-9-22(10-7-20)24-11-14-28-25(17-24)12-15-29(32-28)27-16-21(19-31)8-13-26(27)23-4-2-1-3-5-23/h1-17H.